The van der Waals surface area contributed by atoms with Crippen LogP contribution in [0.4, 0.5) is 5.69 Å². The van der Waals surface area contributed by atoms with Crippen LogP contribution in [0.3, 0.4) is 0 Å². The lowest BCUT2D eigenvalue weighted by molar-refractivity contribution is 0.595. The number of nitrogens with zero attached hydrogens (tertiary/aromatic N) is 2. The molecule has 0 amide bonds. The van der Waals surface area contributed by atoms with Gasteiger partial charge in [-0.05, 0) is 25.1 Å². The van der Waals surface area contributed by atoms with Gasteiger partial charge in [-0.15, -0.1) is 0 Å². The number of aromatic nitrogens is 2. The molecule has 1 aromatic carbocycles. The molecule has 0 aliphatic rings. The van der Waals surface area contributed by atoms with Gasteiger partial charge in [0, 0.05) is 23.3 Å². The summed E-state index contributed by atoms with van der Waals surface area (Å²) in [4.78, 5) is 0.0595. The van der Waals surface area contributed by atoms with Gasteiger partial charge in [0.1, 0.15) is 0 Å². The maximum Gasteiger partial charge on any atom is 0.184 e. The molecule has 2 rings (SSSR count). The number of aryl methyl sites for hydroxylation is 1. The average molecular weight is 300 g/mol. The van der Waals surface area contributed by atoms with Crippen LogP contribution in [0.15, 0.2) is 35.5 Å². The number of nitrogens with two attached hydrogens (primary N) is 1. The van der Waals surface area contributed by atoms with Gasteiger partial charge in [-0.1, -0.05) is 11.6 Å². The molecule has 0 saturated carbocycles. The lowest BCUT2D eigenvalue weighted by Gasteiger charge is -2.06. The number of benzene rings is 1. The Balaban J connectivity index is 2.34. The Hall–Kier alpha value is -1.53. The molecule has 0 bridgehead atoms. The smallest absolute Gasteiger partial charge is 0.184 e. The molecule has 0 saturated heterocycles. The van der Waals surface area contributed by atoms with E-state index in [9.17, 15) is 8.42 Å². The summed E-state index contributed by atoms with van der Waals surface area (Å²) in [5.41, 5.74) is 6.53. The quantitative estimate of drug-likeness (QED) is 0.877. The Kier molecular flexibility index (Phi) is 3.82. The molecule has 19 heavy (non-hydrogen) atoms. The Morgan fingerprint density at radius 2 is 2.16 bits per heavy atom. The van der Waals surface area contributed by atoms with E-state index in [0.717, 1.165) is 0 Å². The summed E-state index contributed by atoms with van der Waals surface area (Å²) >= 11 is 5.82. The first kappa shape index (κ1) is 13.9. The van der Waals surface area contributed by atoms with Crippen LogP contribution in [0.1, 0.15) is 12.5 Å². The number of hydrogen-bond donors (Lipinski definition) is 1. The van der Waals surface area contributed by atoms with Crippen molar-refractivity contribution in [2.24, 2.45) is 0 Å². The third-order valence-electron chi connectivity index (χ3n) is 2.68. The number of hydrogen-bond acceptors (Lipinski definition) is 4. The maximum absolute atomic E-state index is 12.3. The molecule has 1 aromatic heterocycles. The van der Waals surface area contributed by atoms with E-state index in [1.165, 1.54) is 12.1 Å². The summed E-state index contributed by atoms with van der Waals surface area (Å²) in [6, 6.07) is 4.42. The molecule has 0 aliphatic carbocycles. The normalized spacial score (nSPS) is 11.7. The van der Waals surface area contributed by atoms with Crippen molar-refractivity contribution in [3.05, 3.63) is 41.2 Å². The summed E-state index contributed by atoms with van der Waals surface area (Å²) in [5, 5.41) is 4.39. The lowest BCUT2D eigenvalue weighted by Crippen LogP contribution is -2.07. The predicted molar refractivity (Wildman–Crippen MR) is 74.7 cm³/mol. The summed E-state index contributed by atoms with van der Waals surface area (Å²) in [6.45, 7) is 2.62. The van der Waals surface area contributed by atoms with Gasteiger partial charge in [-0.25, -0.2) is 8.42 Å². The molecule has 7 heteroatoms. The van der Waals surface area contributed by atoms with Crippen molar-refractivity contribution in [2.75, 3.05) is 5.73 Å². The molecule has 2 aromatic rings. The van der Waals surface area contributed by atoms with Crippen LogP contribution in [0.2, 0.25) is 5.02 Å². The molecule has 1 heterocycles. The van der Waals surface area contributed by atoms with E-state index in [1.54, 1.807) is 23.1 Å². The largest absolute Gasteiger partial charge is 0.398 e. The Morgan fingerprint density at radius 3 is 2.79 bits per heavy atom. The van der Waals surface area contributed by atoms with Gasteiger partial charge < -0.3 is 5.73 Å². The Labute approximate surface area is 116 Å². The molecule has 0 unspecified atom stereocenters. The third kappa shape index (κ3) is 3.08. The maximum atomic E-state index is 12.3. The van der Waals surface area contributed by atoms with Crippen molar-refractivity contribution in [3.63, 3.8) is 0 Å². The topological polar surface area (TPSA) is 78.0 Å². The molecule has 0 radical (unpaired) electrons. The zero-order valence-electron chi connectivity index (χ0n) is 10.4. The van der Waals surface area contributed by atoms with Crippen LogP contribution in [-0.2, 0) is 22.1 Å². The second-order valence-electron chi connectivity index (χ2n) is 4.15. The minimum atomic E-state index is -3.52. The molecule has 102 valence electrons. The van der Waals surface area contributed by atoms with E-state index in [-0.39, 0.29) is 16.3 Å². The van der Waals surface area contributed by atoms with E-state index >= 15 is 0 Å². The lowest BCUT2D eigenvalue weighted by atomic mass is 10.3. The van der Waals surface area contributed by atoms with Crippen LogP contribution < -0.4 is 5.73 Å². The zero-order valence-corrected chi connectivity index (χ0v) is 11.9. The van der Waals surface area contributed by atoms with Crippen LogP contribution in [0, 0.1) is 0 Å². The fourth-order valence-electron chi connectivity index (χ4n) is 1.73. The summed E-state index contributed by atoms with van der Waals surface area (Å²) in [5.74, 6) is -0.141. The van der Waals surface area contributed by atoms with Crippen LogP contribution in [0.25, 0.3) is 0 Å². The first-order valence-electron chi connectivity index (χ1n) is 5.71. The SMILES string of the molecule is CCn1cc(CS(=O)(=O)c2cc(Cl)ccc2N)cn1. The number of sulfone groups is 1. The second-order valence-corrected chi connectivity index (χ2v) is 6.54. The van der Waals surface area contributed by atoms with E-state index in [1.807, 2.05) is 6.92 Å². The zero-order chi connectivity index (χ0) is 14.0. The molecule has 0 fully saturated rings. The van der Waals surface area contributed by atoms with Crippen molar-refractivity contribution in [1.82, 2.24) is 9.78 Å². The molecular formula is C12H14ClN3O2S. The molecular weight excluding hydrogens is 286 g/mol. The average Bonchev–Trinajstić information content (AvgIpc) is 2.79. The van der Waals surface area contributed by atoms with Crippen molar-refractivity contribution < 1.29 is 8.42 Å². The minimum Gasteiger partial charge on any atom is -0.398 e. The fourth-order valence-corrected chi connectivity index (χ4v) is 3.44. The van der Waals surface area contributed by atoms with Gasteiger partial charge >= 0.3 is 0 Å². The van der Waals surface area contributed by atoms with Gasteiger partial charge in [0.25, 0.3) is 0 Å². The highest BCUT2D eigenvalue weighted by Gasteiger charge is 2.19. The summed E-state index contributed by atoms with van der Waals surface area (Å²) in [6.07, 6.45) is 3.25. The Bertz CT molecular complexity index is 695. The molecule has 0 atom stereocenters. The first-order chi connectivity index (χ1) is 8.92. The van der Waals surface area contributed by atoms with Crippen molar-refractivity contribution in [2.45, 2.75) is 24.1 Å². The highest BCUT2D eigenvalue weighted by atomic mass is 35.5. The number of nitrogen functional groups attached to an aromatic ring is 1. The van der Waals surface area contributed by atoms with Gasteiger partial charge in [-0.2, -0.15) is 5.10 Å². The van der Waals surface area contributed by atoms with Crippen LogP contribution >= 0.6 is 11.6 Å². The summed E-state index contributed by atoms with van der Waals surface area (Å²) < 4.78 is 26.3. The van der Waals surface area contributed by atoms with Gasteiger partial charge in [0.15, 0.2) is 9.84 Å². The minimum absolute atomic E-state index is 0.0595. The molecule has 5 nitrogen and oxygen atoms in total. The highest BCUT2D eigenvalue weighted by Crippen LogP contribution is 2.25. The molecule has 0 aliphatic heterocycles. The third-order valence-corrected chi connectivity index (χ3v) is 4.65. The van der Waals surface area contributed by atoms with Crippen molar-refractivity contribution in [3.8, 4) is 0 Å². The van der Waals surface area contributed by atoms with Crippen molar-refractivity contribution >= 4 is 27.1 Å². The fraction of sp³-hybridized carbons (Fsp3) is 0.250. The van der Waals surface area contributed by atoms with Gasteiger partial charge in [0.2, 0.25) is 0 Å². The number of rotatable bonds is 4. The highest BCUT2D eigenvalue weighted by molar-refractivity contribution is 7.90. The Morgan fingerprint density at radius 1 is 1.42 bits per heavy atom. The van der Waals surface area contributed by atoms with E-state index in [2.05, 4.69) is 5.10 Å². The monoisotopic (exact) mass is 299 g/mol. The van der Waals surface area contributed by atoms with Gasteiger partial charge in [-0.3, -0.25) is 4.68 Å². The second kappa shape index (κ2) is 5.22. The van der Waals surface area contributed by atoms with Crippen LogP contribution in [0.5, 0.6) is 0 Å². The van der Waals surface area contributed by atoms with Crippen LogP contribution in [-0.4, -0.2) is 18.2 Å². The van der Waals surface area contributed by atoms with Crippen molar-refractivity contribution in [1.29, 1.82) is 0 Å². The van der Waals surface area contributed by atoms with E-state index < -0.39 is 9.84 Å². The number of anilines is 1. The first-order valence-corrected chi connectivity index (χ1v) is 7.74. The summed E-state index contributed by atoms with van der Waals surface area (Å²) in [7, 11) is -3.52. The van der Waals surface area contributed by atoms with Gasteiger partial charge in [0.05, 0.1) is 22.5 Å². The standard InChI is InChI=1S/C12H14ClN3O2S/c1-2-16-7-9(6-15-16)8-19(17,18)12-5-10(13)3-4-11(12)14/h3-7H,2,8,14H2,1H3. The molecule has 0 spiro atoms. The van der Waals surface area contributed by atoms with E-state index in [4.69, 9.17) is 17.3 Å². The number of halogens is 1. The van der Waals surface area contributed by atoms with E-state index in [0.29, 0.717) is 17.1 Å². The predicted octanol–water partition coefficient (Wildman–Crippen LogP) is 2.11. The molecule has 2 N–H and O–H groups in total.